The minimum Gasteiger partial charge on any atom is -0.312 e. The van der Waals surface area contributed by atoms with Crippen LogP contribution in [0.5, 0.6) is 0 Å². The van der Waals surface area contributed by atoms with Gasteiger partial charge in [-0.05, 0) is 25.1 Å². The van der Waals surface area contributed by atoms with Crippen molar-refractivity contribution in [3.05, 3.63) is 71.3 Å². The predicted octanol–water partition coefficient (Wildman–Crippen LogP) is 2.56. The minimum atomic E-state index is -5.12. The van der Waals surface area contributed by atoms with Crippen LogP contribution in [0.3, 0.4) is 0 Å². The second kappa shape index (κ2) is 6.29. The van der Waals surface area contributed by atoms with Gasteiger partial charge in [0.1, 0.15) is 5.84 Å². The van der Waals surface area contributed by atoms with E-state index in [4.69, 9.17) is 0 Å². The summed E-state index contributed by atoms with van der Waals surface area (Å²) in [5.41, 5.74) is -2.28. The van der Waals surface area contributed by atoms with Crippen LogP contribution < -0.4 is 10.6 Å². The molecule has 0 aliphatic carbocycles. The normalized spacial score (nSPS) is 19.7. The molecule has 26 heavy (non-hydrogen) atoms. The standard InChI is InChI=1S/C18H14F3N3O2/c1-11-6-5-9-13(10-11)14-22-16(26)17(23-14,18(19,20)21)24-15(25)12-7-3-2-4-8-12/h2-10H,1H3,(H,24,25)(H,22,23,26). The topological polar surface area (TPSA) is 70.6 Å². The smallest absolute Gasteiger partial charge is 0.312 e. The second-order valence-corrected chi connectivity index (χ2v) is 5.81. The Morgan fingerprint density at radius 2 is 1.81 bits per heavy atom. The SMILES string of the molecule is Cc1cccc(C2=NC(NC(=O)c3ccccc3)(C(F)(F)F)C(=O)N2)c1. The predicted molar refractivity (Wildman–Crippen MR) is 88.6 cm³/mol. The lowest BCUT2D eigenvalue weighted by molar-refractivity contribution is -0.192. The van der Waals surface area contributed by atoms with Gasteiger partial charge in [-0.1, -0.05) is 42.0 Å². The molecule has 2 aromatic carbocycles. The Hall–Kier alpha value is -3.16. The number of hydrogen-bond acceptors (Lipinski definition) is 3. The highest BCUT2D eigenvalue weighted by molar-refractivity contribution is 6.16. The number of carbonyl (C=O) groups is 2. The molecule has 134 valence electrons. The van der Waals surface area contributed by atoms with Gasteiger partial charge in [0.2, 0.25) is 0 Å². The minimum absolute atomic E-state index is 0.0110. The first kappa shape index (κ1) is 17.7. The van der Waals surface area contributed by atoms with Gasteiger partial charge < -0.3 is 10.6 Å². The second-order valence-electron chi connectivity index (χ2n) is 5.81. The first-order valence-corrected chi connectivity index (χ1v) is 7.65. The van der Waals surface area contributed by atoms with Gasteiger partial charge in [0.05, 0.1) is 0 Å². The summed E-state index contributed by atoms with van der Waals surface area (Å²) in [5, 5.41) is 3.88. The van der Waals surface area contributed by atoms with Gasteiger partial charge in [0, 0.05) is 11.1 Å². The molecule has 1 aliphatic heterocycles. The third-order valence-electron chi connectivity index (χ3n) is 3.87. The molecule has 2 aromatic rings. The van der Waals surface area contributed by atoms with Crippen molar-refractivity contribution >= 4 is 17.6 Å². The molecule has 1 aliphatic rings. The Morgan fingerprint density at radius 3 is 2.42 bits per heavy atom. The van der Waals surface area contributed by atoms with Crippen molar-refractivity contribution < 1.29 is 22.8 Å². The van der Waals surface area contributed by atoms with Crippen LogP contribution in [-0.2, 0) is 4.79 Å². The number of benzene rings is 2. The molecular weight excluding hydrogens is 347 g/mol. The van der Waals surface area contributed by atoms with Gasteiger partial charge in [-0.3, -0.25) is 9.59 Å². The molecule has 1 unspecified atom stereocenters. The third kappa shape index (κ3) is 3.05. The fourth-order valence-corrected chi connectivity index (χ4v) is 2.55. The molecular formula is C18H14F3N3O2. The van der Waals surface area contributed by atoms with Crippen LogP contribution in [0.15, 0.2) is 59.6 Å². The molecule has 8 heteroatoms. The summed E-state index contributed by atoms with van der Waals surface area (Å²) in [4.78, 5) is 28.0. The van der Waals surface area contributed by atoms with Crippen LogP contribution in [0.1, 0.15) is 21.5 Å². The van der Waals surface area contributed by atoms with Crippen LogP contribution in [-0.4, -0.2) is 29.5 Å². The summed E-state index contributed by atoms with van der Waals surface area (Å²) < 4.78 is 41.2. The lowest BCUT2D eigenvalue weighted by Gasteiger charge is -2.27. The zero-order valence-corrected chi connectivity index (χ0v) is 13.6. The molecule has 2 N–H and O–H groups in total. The number of carbonyl (C=O) groups excluding carboxylic acids is 2. The molecule has 0 saturated carbocycles. The number of halogens is 3. The number of aliphatic imine (C=N–C) groups is 1. The monoisotopic (exact) mass is 361 g/mol. The summed E-state index contributed by atoms with van der Waals surface area (Å²) in [6.45, 7) is 1.76. The first-order valence-electron chi connectivity index (χ1n) is 7.65. The first-order chi connectivity index (χ1) is 12.2. The Balaban J connectivity index is 2.02. The van der Waals surface area contributed by atoms with Crippen molar-refractivity contribution in [2.24, 2.45) is 4.99 Å². The Labute approximate surface area is 146 Å². The molecule has 0 spiro atoms. The molecule has 5 nitrogen and oxygen atoms in total. The van der Waals surface area contributed by atoms with Crippen LogP contribution in [0.25, 0.3) is 0 Å². The van der Waals surface area contributed by atoms with Gasteiger partial charge in [0.15, 0.2) is 0 Å². The number of aryl methyl sites for hydroxylation is 1. The number of amidine groups is 1. The molecule has 2 amide bonds. The lowest BCUT2D eigenvalue weighted by atomic mass is 10.1. The number of rotatable bonds is 3. The van der Waals surface area contributed by atoms with Gasteiger partial charge in [-0.25, -0.2) is 4.99 Å². The van der Waals surface area contributed by atoms with E-state index in [1.807, 2.05) is 0 Å². The maximum atomic E-state index is 13.7. The number of hydrogen-bond donors (Lipinski definition) is 2. The lowest BCUT2D eigenvalue weighted by Crippen LogP contribution is -2.63. The highest BCUT2D eigenvalue weighted by Crippen LogP contribution is 2.35. The molecule has 0 bridgehead atoms. The summed E-state index contributed by atoms with van der Waals surface area (Å²) >= 11 is 0. The zero-order valence-electron chi connectivity index (χ0n) is 13.6. The summed E-state index contributed by atoms with van der Waals surface area (Å²) in [5.74, 6) is -2.75. The van der Waals surface area contributed by atoms with Gasteiger partial charge >= 0.3 is 11.8 Å². The van der Waals surface area contributed by atoms with Crippen LogP contribution in [0.2, 0.25) is 0 Å². The van der Waals surface area contributed by atoms with E-state index < -0.39 is 23.7 Å². The van der Waals surface area contributed by atoms with Crippen molar-refractivity contribution in [2.45, 2.75) is 18.8 Å². The van der Waals surface area contributed by atoms with E-state index in [0.29, 0.717) is 5.56 Å². The molecule has 1 atom stereocenters. The van der Waals surface area contributed by atoms with E-state index in [0.717, 1.165) is 5.56 Å². The Bertz CT molecular complexity index is 894. The van der Waals surface area contributed by atoms with Crippen LogP contribution >= 0.6 is 0 Å². The highest BCUT2D eigenvalue weighted by Gasteiger charge is 2.65. The van der Waals surface area contributed by atoms with Crippen molar-refractivity contribution in [3.8, 4) is 0 Å². The molecule has 0 fully saturated rings. The van der Waals surface area contributed by atoms with E-state index in [1.165, 1.54) is 30.3 Å². The zero-order chi connectivity index (χ0) is 18.9. The van der Waals surface area contributed by atoms with Crippen LogP contribution in [0, 0.1) is 6.92 Å². The molecule has 0 saturated heterocycles. The maximum absolute atomic E-state index is 13.7. The van der Waals surface area contributed by atoms with E-state index in [2.05, 4.69) is 10.3 Å². The van der Waals surface area contributed by atoms with Crippen molar-refractivity contribution in [1.29, 1.82) is 0 Å². The molecule has 0 radical (unpaired) electrons. The average Bonchev–Trinajstić information content (AvgIpc) is 2.93. The van der Waals surface area contributed by atoms with Gasteiger partial charge in [0.25, 0.3) is 11.8 Å². The quantitative estimate of drug-likeness (QED) is 0.882. The molecule has 0 aromatic heterocycles. The van der Waals surface area contributed by atoms with E-state index in [-0.39, 0.29) is 11.4 Å². The molecule has 1 heterocycles. The number of alkyl halides is 3. The van der Waals surface area contributed by atoms with E-state index in [1.54, 1.807) is 36.5 Å². The van der Waals surface area contributed by atoms with Crippen molar-refractivity contribution in [1.82, 2.24) is 10.6 Å². The number of nitrogens with one attached hydrogen (secondary N) is 2. The Morgan fingerprint density at radius 1 is 1.12 bits per heavy atom. The summed E-state index contributed by atoms with van der Waals surface area (Å²) in [7, 11) is 0. The average molecular weight is 361 g/mol. The van der Waals surface area contributed by atoms with Crippen molar-refractivity contribution in [2.75, 3.05) is 0 Å². The van der Waals surface area contributed by atoms with Gasteiger partial charge in [-0.15, -0.1) is 0 Å². The number of amides is 2. The summed E-state index contributed by atoms with van der Waals surface area (Å²) in [6.07, 6.45) is -5.12. The van der Waals surface area contributed by atoms with E-state index >= 15 is 0 Å². The van der Waals surface area contributed by atoms with Crippen molar-refractivity contribution in [3.63, 3.8) is 0 Å². The number of nitrogens with zero attached hydrogens (tertiary/aromatic N) is 1. The van der Waals surface area contributed by atoms with Crippen LogP contribution in [0.4, 0.5) is 13.2 Å². The highest BCUT2D eigenvalue weighted by atomic mass is 19.4. The molecule has 3 rings (SSSR count). The third-order valence-corrected chi connectivity index (χ3v) is 3.87. The van der Waals surface area contributed by atoms with E-state index in [9.17, 15) is 22.8 Å². The Kier molecular flexibility index (Phi) is 4.27. The maximum Gasteiger partial charge on any atom is 0.442 e. The summed E-state index contributed by atoms with van der Waals surface area (Å²) in [6, 6.07) is 13.8. The van der Waals surface area contributed by atoms with Gasteiger partial charge in [-0.2, -0.15) is 13.2 Å². The fraction of sp³-hybridized carbons (Fsp3) is 0.167. The largest absolute Gasteiger partial charge is 0.442 e. The fourth-order valence-electron chi connectivity index (χ4n) is 2.55.